The van der Waals surface area contributed by atoms with Gasteiger partial charge in [0.15, 0.2) is 5.82 Å². The maximum Gasteiger partial charge on any atom is 0.262 e. The molecule has 4 rings (SSSR count). The molecule has 0 spiro atoms. The molecular formula is C20H23ClN4O3S. The largest absolute Gasteiger partial charge is 0.334 e. The molecule has 1 heterocycles. The summed E-state index contributed by atoms with van der Waals surface area (Å²) >= 11 is 0. The molecule has 2 aromatic carbocycles. The van der Waals surface area contributed by atoms with Crippen molar-refractivity contribution in [2.45, 2.75) is 43.5 Å². The van der Waals surface area contributed by atoms with Crippen molar-refractivity contribution in [2.24, 2.45) is 5.73 Å². The summed E-state index contributed by atoms with van der Waals surface area (Å²) in [4.78, 5) is 4.67. The zero-order valence-electron chi connectivity index (χ0n) is 16.2. The van der Waals surface area contributed by atoms with Crippen LogP contribution in [0, 0.1) is 13.8 Å². The van der Waals surface area contributed by atoms with Crippen molar-refractivity contribution in [1.29, 1.82) is 0 Å². The molecule has 3 aromatic rings. The predicted molar refractivity (Wildman–Crippen MR) is 113 cm³/mol. The Morgan fingerprint density at radius 3 is 2.55 bits per heavy atom. The first-order chi connectivity index (χ1) is 13.3. The third-order valence-electron chi connectivity index (χ3n) is 5.15. The van der Waals surface area contributed by atoms with Gasteiger partial charge in [-0.05, 0) is 62.4 Å². The van der Waals surface area contributed by atoms with Crippen LogP contribution in [0.3, 0.4) is 0 Å². The second-order valence-corrected chi connectivity index (χ2v) is 9.00. The molecule has 1 aliphatic carbocycles. The summed E-state index contributed by atoms with van der Waals surface area (Å²) in [5.41, 5.74) is 8.15. The number of hydrogen-bond acceptors (Lipinski definition) is 6. The summed E-state index contributed by atoms with van der Waals surface area (Å²) in [5.74, 6) is 0.701. The average molecular weight is 435 g/mol. The molecule has 1 aliphatic rings. The van der Waals surface area contributed by atoms with Crippen LogP contribution >= 0.6 is 12.4 Å². The smallest absolute Gasteiger partial charge is 0.262 e. The number of rotatable bonds is 5. The third-order valence-corrected chi connectivity index (χ3v) is 6.66. The van der Waals surface area contributed by atoms with Gasteiger partial charge >= 0.3 is 0 Å². The van der Waals surface area contributed by atoms with E-state index in [1.54, 1.807) is 43.3 Å². The summed E-state index contributed by atoms with van der Waals surface area (Å²) in [6, 6.07) is 12.3. The number of halogens is 1. The number of aryl methyl sites for hydroxylation is 2. The molecule has 0 radical (unpaired) electrons. The summed E-state index contributed by atoms with van der Waals surface area (Å²) in [5, 5.41) is 4.02. The quantitative estimate of drug-likeness (QED) is 0.629. The fourth-order valence-electron chi connectivity index (χ4n) is 3.27. The van der Waals surface area contributed by atoms with Gasteiger partial charge in [0, 0.05) is 0 Å². The first-order valence-corrected chi connectivity index (χ1v) is 10.6. The first kappa shape index (κ1) is 21.3. The lowest BCUT2D eigenvalue weighted by atomic mass is 9.77. The number of hydrogen-bond donors (Lipinski definition) is 2. The van der Waals surface area contributed by atoms with Gasteiger partial charge in [0.25, 0.3) is 15.9 Å². The second kappa shape index (κ2) is 7.78. The van der Waals surface area contributed by atoms with Crippen molar-refractivity contribution >= 4 is 28.1 Å². The Morgan fingerprint density at radius 2 is 1.86 bits per heavy atom. The summed E-state index contributed by atoms with van der Waals surface area (Å²) in [6.07, 6.45) is 2.66. The van der Waals surface area contributed by atoms with E-state index >= 15 is 0 Å². The van der Waals surface area contributed by atoms with Crippen molar-refractivity contribution in [3.63, 3.8) is 0 Å². The lowest BCUT2D eigenvalue weighted by Gasteiger charge is -2.34. The number of nitrogens with one attached hydrogen (secondary N) is 1. The molecule has 0 saturated heterocycles. The molecule has 7 nitrogen and oxygen atoms in total. The van der Waals surface area contributed by atoms with Crippen LogP contribution in [0.2, 0.25) is 0 Å². The van der Waals surface area contributed by atoms with Crippen LogP contribution in [0.5, 0.6) is 0 Å². The van der Waals surface area contributed by atoms with Gasteiger partial charge in [0.1, 0.15) is 0 Å². The molecule has 29 heavy (non-hydrogen) atoms. The van der Waals surface area contributed by atoms with Crippen LogP contribution in [0.25, 0.3) is 11.5 Å². The molecule has 0 unspecified atom stereocenters. The summed E-state index contributed by atoms with van der Waals surface area (Å²) < 4.78 is 34.0. The van der Waals surface area contributed by atoms with E-state index in [0.717, 1.165) is 24.8 Å². The molecule has 154 valence electrons. The molecular weight excluding hydrogens is 412 g/mol. The van der Waals surface area contributed by atoms with Crippen LogP contribution in [0.15, 0.2) is 51.9 Å². The molecule has 1 fully saturated rings. The molecule has 0 bridgehead atoms. The molecule has 3 N–H and O–H groups in total. The van der Waals surface area contributed by atoms with Crippen LogP contribution in [-0.2, 0) is 15.6 Å². The highest BCUT2D eigenvalue weighted by atomic mass is 35.5. The second-order valence-electron chi connectivity index (χ2n) is 7.35. The van der Waals surface area contributed by atoms with E-state index in [4.69, 9.17) is 10.3 Å². The Morgan fingerprint density at radius 1 is 1.14 bits per heavy atom. The van der Waals surface area contributed by atoms with Gasteiger partial charge < -0.3 is 10.3 Å². The van der Waals surface area contributed by atoms with Crippen molar-refractivity contribution < 1.29 is 12.9 Å². The predicted octanol–water partition coefficient (Wildman–Crippen LogP) is 3.91. The van der Waals surface area contributed by atoms with Gasteiger partial charge in [0.05, 0.1) is 21.7 Å². The SMILES string of the molecule is Cc1ccc(C)c(S(=O)(=O)Nc2ccccc2-c2nc(C3(N)CCC3)no2)c1.Cl. The van der Waals surface area contributed by atoms with E-state index < -0.39 is 15.6 Å². The number of anilines is 1. The molecule has 0 atom stereocenters. The molecule has 1 saturated carbocycles. The van der Waals surface area contributed by atoms with E-state index in [1.807, 2.05) is 13.0 Å². The maximum absolute atomic E-state index is 13.0. The van der Waals surface area contributed by atoms with Gasteiger partial charge in [-0.1, -0.05) is 29.4 Å². The molecule has 9 heteroatoms. The van der Waals surface area contributed by atoms with Crippen LogP contribution < -0.4 is 10.5 Å². The standard InChI is InChI=1S/C20H22N4O3S.ClH/c1-13-8-9-14(2)17(12-13)28(25,26)24-16-7-4-3-6-15(16)18-22-19(23-27-18)20(21)10-5-11-20;/h3-4,6-9,12,24H,5,10-11,21H2,1-2H3;1H. The normalized spacial score (nSPS) is 15.3. The van der Waals surface area contributed by atoms with Crippen molar-refractivity contribution in [3.05, 3.63) is 59.4 Å². The zero-order chi connectivity index (χ0) is 19.9. The number of benzene rings is 2. The highest BCUT2D eigenvalue weighted by Crippen LogP contribution is 2.38. The summed E-state index contributed by atoms with van der Waals surface area (Å²) in [7, 11) is -3.78. The van der Waals surface area contributed by atoms with Gasteiger partial charge in [-0.25, -0.2) is 8.42 Å². The van der Waals surface area contributed by atoms with Gasteiger partial charge in [-0.15, -0.1) is 12.4 Å². The number of sulfonamides is 1. The highest BCUT2D eigenvalue weighted by Gasteiger charge is 2.39. The molecule has 0 aliphatic heterocycles. The number of aromatic nitrogens is 2. The van der Waals surface area contributed by atoms with Crippen LogP contribution in [0.4, 0.5) is 5.69 Å². The monoisotopic (exact) mass is 434 g/mol. The Bertz CT molecular complexity index is 1140. The lowest BCUT2D eigenvalue weighted by Crippen LogP contribution is -2.44. The highest BCUT2D eigenvalue weighted by molar-refractivity contribution is 7.92. The zero-order valence-corrected chi connectivity index (χ0v) is 17.8. The number of nitrogens with zero attached hydrogens (tertiary/aromatic N) is 2. The lowest BCUT2D eigenvalue weighted by molar-refractivity contribution is 0.229. The minimum absolute atomic E-state index is 0. The fourth-order valence-corrected chi connectivity index (χ4v) is 4.68. The van der Waals surface area contributed by atoms with Crippen LogP contribution in [0.1, 0.15) is 36.2 Å². The van der Waals surface area contributed by atoms with Gasteiger partial charge in [-0.3, -0.25) is 4.72 Å². The number of nitrogens with two attached hydrogens (primary N) is 1. The van der Waals surface area contributed by atoms with Crippen molar-refractivity contribution in [1.82, 2.24) is 10.1 Å². The minimum atomic E-state index is -3.78. The Kier molecular flexibility index (Phi) is 5.71. The van der Waals surface area contributed by atoms with Crippen molar-refractivity contribution in [2.75, 3.05) is 4.72 Å². The summed E-state index contributed by atoms with van der Waals surface area (Å²) in [6.45, 7) is 3.62. The Hall–Kier alpha value is -2.42. The fraction of sp³-hybridized carbons (Fsp3) is 0.300. The van der Waals surface area contributed by atoms with Crippen LogP contribution in [-0.4, -0.2) is 18.6 Å². The molecule has 0 amide bonds. The Balaban J connectivity index is 0.00000240. The topological polar surface area (TPSA) is 111 Å². The minimum Gasteiger partial charge on any atom is -0.334 e. The first-order valence-electron chi connectivity index (χ1n) is 9.11. The van der Waals surface area contributed by atoms with Gasteiger partial charge in [0.2, 0.25) is 0 Å². The van der Waals surface area contributed by atoms with E-state index in [9.17, 15) is 8.42 Å². The van der Waals surface area contributed by atoms with E-state index in [2.05, 4.69) is 14.9 Å². The van der Waals surface area contributed by atoms with Crippen molar-refractivity contribution in [3.8, 4) is 11.5 Å². The Labute approximate surface area is 176 Å². The number of para-hydroxylation sites is 1. The van der Waals surface area contributed by atoms with E-state index in [1.165, 1.54) is 0 Å². The van der Waals surface area contributed by atoms with E-state index in [0.29, 0.717) is 22.6 Å². The average Bonchev–Trinajstić information content (AvgIpc) is 3.12. The van der Waals surface area contributed by atoms with Gasteiger partial charge in [-0.2, -0.15) is 4.98 Å². The molecule has 1 aromatic heterocycles. The maximum atomic E-state index is 13.0. The third kappa shape index (κ3) is 4.01. The van der Waals surface area contributed by atoms with E-state index in [-0.39, 0.29) is 23.2 Å².